The summed E-state index contributed by atoms with van der Waals surface area (Å²) in [6.45, 7) is 6.69. The largest absolute Gasteiger partial charge is 0.463 e. The van der Waals surface area contributed by atoms with E-state index in [4.69, 9.17) is 4.74 Å². The van der Waals surface area contributed by atoms with Gasteiger partial charge in [0.2, 0.25) is 0 Å². The fourth-order valence-electron chi connectivity index (χ4n) is 8.17. The van der Waals surface area contributed by atoms with Crippen molar-refractivity contribution in [2.24, 2.45) is 34.5 Å². The Hall–Kier alpha value is -1.83. The van der Waals surface area contributed by atoms with Gasteiger partial charge in [-0.3, -0.25) is 4.79 Å². The summed E-state index contributed by atoms with van der Waals surface area (Å²) in [5, 5.41) is 0. The second-order valence-corrected chi connectivity index (χ2v) is 11.3. The quantitative estimate of drug-likeness (QED) is 0.485. The van der Waals surface area contributed by atoms with E-state index in [2.05, 4.69) is 62.4 Å². The number of carbonyl (C=O) groups is 1. The summed E-state index contributed by atoms with van der Waals surface area (Å²) in [4.78, 5) is 11.5. The fraction of sp³-hybridized carbons (Fsp3) is 0.621. The number of esters is 1. The van der Waals surface area contributed by atoms with Crippen molar-refractivity contribution in [1.29, 1.82) is 0 Å². The SMILES string of the molecule is CC(=O)O[C@H]1CC[C@@]2(C)[C@@H](CC[C@H]3[C@H]2CC[C@@]2(C)C(/C=C\c4ccccc4)=CC[C@H]32)C1. The van der Waals surface area contributed by atoms with E-state index in [9.17, 15) is 4.79 Å². The van der Waals surface area contributed by atoms with Crippen LogP contribution in [0.2, 0.25) is 0 Å². The van der Waals surface area contributed by atoms with E-state index in [1.807, 2.05) is 0 Å². The molecule has 2 heteroatoms. The highest BCUT2D eigenvalue weighted by Gasteiger charge is 2.58. The molecule has 2 nitrogen and oxygen atoms in total. The molecular weight excluding hydrogens is 380 g/mol. The minimum atomic E-state index is -0.108. The molecule has 4 aliphatic carbocycles. The third-order valence-electron chi connectivity index (χ3n) is 9.85. The zero-order valence-electron chi connectivity index (χ0n) is 19.5. The molecule has 0 N–H and O–H groups in total. The van der Waals surface area contributed by atoms with Crippen molar-refractivity contribution in [1.82, 2.24) is 0 Å². The van der Waals surface area contributed by atoms with Gasteiger partial charge in [-0.25, -0.2) is 0 Å². The van der Waals surface area contributed by atoms with Crippen LogP contribution in [0.1, 0.15) is 77.7 Å². The molecule has 0 bridgehead atoms. The summed E-state index contributed by atoms with van der Waals surface area (Å²) in [5.41, 5.74) is 3.64. The van der Waals surface area contributed by atoms with E-state index in [1.165, 1.54) is 44.1 Å². The number of ether oxygens (including phenoxy) is 1. The number of allylic oxidation sites excluding steroid dienone is 3. The molecule has 3 fully saturated rings. The van der Waals surface area contributed by atoms with E-state index in [0.29, 0.717) is 10.8 Å². The third kappa shape index (κ3) is 3.60. The smallest absolute Gasteiger partial charge is 0.302 e. The molecule has 1 aromatic rings. The average Bonchev–Trinajstić information content (AvgIpc) is 3.09. The van der Waals surface area contributed by atoms with Crippen LogP contribution in [-0.2, 0) is 9.53 Å². The number of hydrogen-bond acceptors (Lipinski definition) is 2. The summed E-state index contributed by atoms with van der Waals surface area (Å²) in [6.07, 6.45) is 17.4. The van der Waals surface area contributed by atoms with Gasteiger partial charge in [0, 0.05) is 6.92 Å². The van der Waals surface area contributed by atoms with Crippen molar-refractivity contribution < 1.29 is 9.53 Å². The van der Waals surface area contributed by atoms with Gasteiger partial charge in [-0.1, -0.05) is 62.4 Å². The van der Waals surface area contributed by atoms with Crippen molar-refractivity contribution in [2.75, 3.05) is 0 Å². The molecule has 3 saturated carbocycles. The van der Waals surface area contributed by atoms with E-state index in [1.54, 1.807) is 12.5 Å². The van der Waals surface area contributed by atoms with Crippen LogP contribution in [0, 0.1) is 34.5 Å². The van der Waals surface area contributed by atoms with E-state index in [0.717, 1.165) is 36.5 Å². The minimum Gasteiger partial charge on any atom is -0.463 e. The van der Waals surface area contributed by atoms with Gasteiger partial charge in [0.15, 0.2) is 0 Å². The normalized spacial score (nSPS) is 41.8. The maximum atomic E-state index is 11.5. The molecule has 0 amide bonds. The van der Waals surface area contributed by atoms with Crippen molar-refractivity contribution >= 4 is 12.0 Å². The standard InChI is InChI=1S/C29H38O2/c1-20(30)31-24-15-17-29(3)23(19-24)11-13-25-26-14-12-22(28(26,2)18-16-27(25)29)10-9-21-7-5-4-6-8-21/h4-10,12,23-27H,11,13-19H2,1-3H3/b10-9-/t23-,24-,25+,26+,27+,28-,29-/m0/s1. The van der Waals surface area contributed by atoms with Crippen LogP contribution in [0.25, 0.3) is 6.08 Å². The predicted molar refractivity (Wildman–Crippen MR) is 126 cm³/mol. The first-order valence-electron chi connectivity index (χ1n) is 12.5. The van der Waals surface area contributed by atoms with Crippen LogP contribution in [0.4, 0.5) is 0 Å². The highest BCUT2D eigenvalue weighted by atomic mass is 16.5. The van der Waals surface area contributed by atoms with Gasteiger partial charge in [0.25, 0.3) is 0 Å². The molecule has 166 valence electrons. The van der Waals surface area contributed by atoms with Crippen LogP contribution < -0.4 is 0 Å². The van der Waals surface area contributed by atoms with Gasteiger partial charge in [-0.2, -0.15) is 0 Å². The highest BCUT2D eigenvalue weighted by molar-refractivity contribution is 5.66. The molecule has 1 aromatic carbocycles. The predicted octanol–water partition coefficient (Wildman–Crippen LogP) is 7.21. The van der Waals surface area contributed by atoms with Gasteiger partial charge in [0.05, 0.1) is 0 Å². The first-order chi connectivity index (χ1) is 14.9. The second kappa shape index (κ2) is 7.94. The summed E-state index contributed by atoms with van der Waals surface area (Å²) in [5.74, 6) is 3.11. The highest BCUT2D eigenvalue weighted by Crippen LogP contribution is 2.66. The summed E-state index contributed by atoms with van der Waals surface area (Å²) in [7, 11) is 0. The van der Waals surface area contributed by atoms with Crippen LogP contribution >= 0.6 is 0 Å². The maximum Gasteiger partial charge on any atom is 0.302 e. The van der Waals surface area contributed by atoms with Crippen molar-refractivity contribution in [2.45, 2.75) is 78.2 Å². The van der Waals surface area contributed by atoms with E-state index >= 15 is 0 Å². The Bertz CT molecular complexity index is 883. The maximum absolute atomic E-state index is 11.5. The zero-order chi connectivity index (χ0) is 21.6. The molecule has 0 heterocycles. The zero-order valence-corrected chi connectivity index (χ0v) is 19.5. The Balaban J connectivity index is 1.32. The van der Waals surface area contributed by atoms with E-state index < -0.39 is 0 Å². The lowest BCUT2D eigenvalue weighted by Gasteiger charge is -2.60. The molecule has 5 rings (SSSR count). The van der Waals surface area contributed by atoms with Gasteiger partial charge in [-0.05, 0) is 97.0 Å². The summed E-state index contributed by atoms with van der Waals surface area (Å²) in [6, 6.07) is 10.7. The number of fused-ring (bicyclic) bond motifs is 5. The Morgan fingerprint density at radius 3 is 2.58 bits per heavy atom. The number of hydrogen-bond donors (Lipinski definition) is 0. The van der Waals surface area contributed by atoms with Gasteiger partial charge < -0.3 is 4.74 Å². The summed E-state index contributed by atoms with van der Waals surface area (Å²) >= 11 is 0. The van der Waals surface area contributed by atoms with E-state index in [-0.39, 0.29) is 12.1 Å². The first kappa shape index (κ1) is 21.0. The molecule has 0 radical (unpaired) electrons. The lowest BCUT2D eigenvalue weighted by atomic mass is 9.44. The monoisotopic (exact) mass is 418 g/mol. The molecule has 7 atom stereocenters. The van der Waals surface area contributed by atoms with Gasteiger partial charge >= 0.3 is 5.97 Å². The van der Waals surface area contributed by atoms with Gasteiger partial charge in [0.1, 0.15) is 6.10 Å². The Kier molecular flexibility index (Phi) is 5.39. The Labute approximate surface area is 188 Å². The van der Waals surface area contributed by atoms with Crippen LogP contribution in [-0.4, -0.2) is 12.1 Å². The van der Waals surface area contributed by atoms with Crippen molar-refractivity contribution in [3.05, 3.63) is 53.6 Å². The lowest BCUT2D eigenvalue weighted by molar-refractivity contribution is -0.158. The van der Waals surface area contributed by atoms with Crippen LogP contribution in [0.3, 0.4) is 0 Å². The number of rotatable bonds is 3. The molecule has 0 spiro atoms. The topological polar surface area (TPSA) is 26.3 Å². The number of carbonyl (C=O) groups excluding carboxylic acids is 1. The fourth-order valence-corrected chi connectivity index (χ4v) is 8.17. The first-order valence-corrected chi connectivity index (χ1v) is 12.5. The Morgan fingerprint density at radius 1 is 1.00 bits per heavy atom. The van der Waals surface area contributed by atoms with Crippen molar-refractivity contribution in [3.8, 4) is 0 Å². The third-order valence-corrected chi connectivity index (χ3v) is 9.85. The average molecular weight is 419 g/mol. The molecule has 0 aliphatic heterocycles. The molecular formula is C29H38O2. The molecule has 4 aliphatic rings. The number of benzene rings is 1. The lowest BCUT2D eigenvalue weighted by Crippen LogP contribution is -2.53. The Morgan fingerprint density at radius 2 is 1.81 bits per heavy atom. The van der Waals surface area contributed by atoms with Crippen molar-refractivity contribution in [3.63, 3.8) is 0 Å². The summed E-state index contributed by atoms with van der Waals surface area (Å²) < 4.78 is 5.63. The molecule has 0 aromatic heterocycles. The van der Waals surface area contributed by atoms with Gasteiger partial charge in [-0.15, -0.1) is 0 Å². The second-order valence-electron chi connectivity index (χ2n) is 11.3. The van der Waals surface area contributed by atoms with Crippen LogP contribution in [0.15, 0.2) is 48.1 Å². The minimum absolute atomic E-state index is 0.108. The molecule has 0 unspecified atom stereocenters. The molecule has 0 saturated heterocycles. The van der Waals surface area contributed by atoms with Crippen LogP contribution in [0.5, 0.6) is 0 Å². The molecule has 31 heavy (non-hydrogen) atoms.